The molecule has 144 valence electrons. The summed E-state index contributed by atoms with van der Waals surface area (Å²) < 4.78 is 0. The predicted octanol–water partition coefficient (Wildman–Crippen LogP) is 1.67. The van der Waals surface area contributed by atoms with Gasteiger partial charge in [-0.15, -0.1) is 0 Å². The molecule has 2 N–H and O–H groups in total. The maximum Gasteiger partial charge on any atom is 0.222 e. The third-order valence-electron chi connectivity index (χ3n) is 5.20. The molecular formula is C19H37N5O. The Morgan fingerprint density at radius 1 is 1.28 bits per heavy atom. The molecule has 2 aliphatic heterocycles. The number of piperidine rings is 1. The van der Waals surface area contributed by atoms with Gasteiger partial charge in [-0.05, 0) is 58.9 Å². The third kappa shape index (κ3) is 6.84. The number of hydrogen-bond donors (Lipinski definition) is 2. The maximum absolute atomic E-state index is 11.6. The van der Waals surface area contributed by atoms with E-state index in [0.717, 1.165) is 64.5 Å². The van der Waals surface area contributed by atoms with Crippen LogP contribution >= 0.6 is 0 Å². The van der Waals surface area contributed by atoms with Gasteiger partial charge in [0.2, 0.25) is 5.91 Å². The molecule has 0 aromatic rings. The Labute approximate surface area is 153 Å². The number of amides is 1. The number of hydrogen-bond acceptors (Lipinski definition) is 3. The second kappa shape index (κ2) is 10.6. The second-order valence-corrected chi connectivity index (χ2v) is 7.58. The quantitative estimate of drug-likeness (QED) is 0.397. The molecule has 2 rings (SSSR count). The zero-order valence-electron chi connectivity index (χ0n) is 16.4. The summed E-state index contributed by atoms with van der Waals surface area (Å²) in [6, 6.07) is 0.631. The summed E-state index contributed by atoms with van der Waals surface area (Å²) in [7, 11) is 0. The standard InChI is InChI=1S/C19H37N5O/c1-4-20-19(21-10-7-13-23-11-6-9-18(23)25)22-14-17-8-5-12-24(15-17)16(2)3/h16-17H,4-15H2,1-3H3,(H2,20,21,22). The summed E-state index contributed by atoms with van der Waals surface area (Å²) >= 11 is 0. The van der Waals surface area contributed by atoms with E-state index in [0.29, 0.717) is 17.9 Å². The number of aliphatic imine (C=N–C) groups is 1. The zero-order chi connectivity index (χ0) is 18.1. The fourth-order valence-electron chi connectivity index (χ4n) is 3.69. The molecule has 0 saturated carbocycles. The normalized spacial score (nSPS) is 22.7. The molecule has 2 saturated heterocycles. The number of rotatable bonds is 8. The topological polar surface area (TPSA) is 60.0 Å². The highest BCUT2D eigenvalue weighted by atomic mass is 16.2. The molecule has 6 nitrogen and oxygen atoms in total. The van der Waals surface area contributed by atoms with Crippen LogP contribution < -0.4 is 10.6 Å². The molecule has 2 aliphatic rings. The van der Waals surface area contributed by atoms with E-state index >= 15 is 0 Å². The van der Waals surface area contributed by atoms with Gasteiger partial charge >= 0.3 is 0 Å². The average Bonchev–Trinajstić information content (AvgIpc) is 3.01. The van der Waals surface area contributed by atoms with E-state index in [1.807, 2.05) is 4.90 Å². The molecule has 0 aromatic carbocycles. The van der Waals surface area contributed by atoms with Gasteiger partial charge < -0.3 is 20.4 Å². The third-order valence-corrected chi connectivity index (χ3v) is 5.20. The zero-order valence-corrected chi connectivity index (χ0v) is 16.4. The minimum atomic E-state index is 0.313. The summed E-state index contributed by atoms with van der Waals surface area (Å²) in [6.07, 6.45) is 5.29. The van der Waals surface area contributed by atoms with Gasteiger partial charge in [0.1, 0.15) is 0 Å². The summed E-state index contributed by atoms with van der Waals surface area (Å²) in [5.41, 5.74) is 0. The van der Waals surface area contributed by atoms with Crippen molar-refractivity contribution in [2.24, 2.45) is 10.9 Å². The van der Waals surface area contributed by atoms with Crippen LogP contribution in [0.25, 0.3) is 0 Å². The van der Waals surface area contributed by atoms with Gasteiger partial charge in [0.05, 0.1) is 0 Å². The molecule has 2 fully saturated rings. The largest absolute Gasteiger partial charge is 0.357 e. The molecule has 1 unspecified atom stereocenters. The second-order valence-electron chi connectivity index (χ2n) is 7.58. The van der Waals surface area contributed by atoms with Gasteiger partial charge in [-0.3, -0.25) is 9.79 Å². The lowest BCUT2D eigenvalue weighted by Gasteiger charge is -2.34. The van der Waals surface area contributed by atoms with E-state index in [-0.39, 0.29) is 0 Å². The van der Waals surface area contributed by atoms with Crippen LogP contribution in [-0.4, -0.2) is 73.5 Å². The molecule has 25 heavy (non-hydrogen) atoms. The van der Waals surface area contributed by atoms with Gasteiger partial charge in [-0.2, -0.15) is 0 Å². The van der Waals surface area contributed by atoms with E-state index in [9.17, 15) is 4.79 Å². The van der Waals surface area contributed by atoms with Gasteiger partial charge in [0.25, 0.3) is 0 Å². The molecule has 0 bridgehead atoms. The Kier molecular flexibility index (Phi) is 8.52. The van der Waals surface area contributed by atoms with E-state index in [1.54, 1.807) is 0 Å². The van der Waals surface area contributed by atoms with Crippen LogP contribution in [-0.2, 0) is 4.79 Å². The van der Waals surface area contributed by atoms with Crippen molar-refractivity contribution in [3.05, 3.63) is 0 Å². The fourth-order valence-corrected chi connectivity index (χ4v) is 3.69. The van der Waals surface area contributed by atoms with Crippen LogP contribution in [0, 0.1) is 5.92 Å². The predicted molar refractivity (Wildman–Crippen MR) is 104 cm³/mol. The van der Waals surface area contributed by atoms with Crippen LogP contribution in [0.15, 0.2) is 4.99 Å². The van der Waals surface area contributed by atoms with Crippen LogP contribution in [0.5, 0.6) is 0 Å². The van der Waals surface area contributed by atoms with E-state index in [2.05, 4.69) is 36.3 Å². The Morgan fingerprint density at radius 2 is 2.12 bits per heavy atom. The lowest BCUT2D eigenvalue weighted by Crippen LogP contribution is -2.42. The van der Waals surface area contributed by atoms with Crippen LogP contribution in [0.2, 0.25) is 0 Å². The summed E-state index contributed by atoms with van der Waals surface area (Å²) in [5, 5.41) is 6.76. The van der Waals surface area contributed by atoms with Crippen molar-refractivity contribution >= 4 is 11.9 Å². The van der Waals surface area contributed by atoms with Gasteiger partial charge in [-0.1, -0.05) is 0 Å². The van der Waals surface area contributed by atoms with Gasteiger partial charge in [0.15, 0.2) is 5.96 Å². The lowest BCUT2D eigenvalue weighted by atomic mass is 9.97. The lowest BCUT2D eigenvalue weighted by molar-refractivity contribution is -0.127. The summed E-state index contributed by atoms with van der Waals surface area (Å²) in [6.45, 7) is 13.5. The SMILES string of the molecule is CCNC(=NCC1CCCN(C(C)C)C1)NCCCN1CCCC1=O. The average molecular weight is 352 g/mol. The first-order chi connectivity index (χ1) is 12.1. The monoisotopic (exact) mass is 351 g/mol. The Hall–Kier alpha value is -1.30. The van der Waals surface area contributed by atoms with Crippen LogP contribution in [0.4, 0.5) is 0 Å². The maximum atomic E-state index is 11.6. The summed E-state index contributed by atoms with van der Waals surface area (Å²) in [5.74, 6) is 1.89. The van der Waals surface area contributed by atoms with E-state index in [4.69, 9.17) is 4.99 Å². The number of nitrogens with one attached hydrogen (secondary N) is 2. The van der Waals surface area contributed by atoms with Crippen molar-refractivity contribution in [1.82, 2.24) is 20.4 Å². The van der Waals surface area contributed by atoms with Crippen molar-refractivity contribution in [1.29, 1.82) is 0 Å². The molecular weight excluding hydrogens is 314 g/mol. The molecule has 0 spiro atoms. The number of guanidine groups is 1. The van der Waals surface area contributed by atoms with Crippen molar-refractivity contribution in [2.75, 3.05) is 45.8 Å². The Balaban J connectivity index is 1.71. The van der Waals surface area contributed by atoms with E-state index in [1.165, 1.54) is 19.4 Å². The first-order valence-electron chi connectivity index (χ1n) is 10.1. The Bertz CT molecular complexity index is 438. The molecule has 0 radical (unpaired) electrons. The van der Waals surface area contributed by atoms with Crippen molar-refractivity contribution in [3.8, 4) is 0 Å². The van der Waals surface area contributed by atoms with Crippen LogP contribution in [0.3, 0.4) is 0 Å². The first kappa shape index (κ1) is 20.0. The highest BCUT2D eigenvalue weighted by Crippen LogP contribution is 2.18. The highest BCUT2D eigenvalue weighted by molar-refractivity contribution is 5.79. The number of likely N-dealkylation sites (tertiary alicyclic amines) is 2. The minimum Gasteiger partial charge on any atom is -0.357 e. The first-order valence-corrected chi connectivity index (χ1v) is 10.1. The van der Waals surface area contributed by atoms with Crippen LogP contribution in [0.1, 0.15) is 52.9 Å². The molecule has 1 amide bonds. The van der Waals surface area contributed by atoms with Crippen molar-refractivity contribution in [3.63, 3.8) is 0 Å². The molecule has 2 heterocycles. The van der Waals surface area contributed by atoms with Gasteiger partial charge in [0, 0.05) is 51.7 Å². The molecule has 0 aliphatic carbocycles. The van der Waals surface area contributed by atoms with Crippen molar-refractivity contribution < 1.29 is 4.79 Å². The number of nitrogens with zero attached hydrogens (tertiary/aromatic N) is 3. The summed E-state index contributed by atoms with van der Waals surface area (Å²) in [4.78, 5) is 21.0. The Morgan fingerprint density at radius 3 is 2.80 bits per heavy atom. The van der Waals surface area contributed by atoms with E-state index < -0.39 is 0 Å². The van der Waals surface area contributed by atoms with Crippen molar-refractivity contribution in [2.45, 2.75) is 58.9 Å². The minimum absolute atomic E-state index is 0.313. The smallest absolute Gasteiger partial charge is 0.222 e. The fraction of sp³-hybridized carbons (Fsp3) is 0.895. The molecule has 6 heteroatoms. The highest BCUT2D eigenvalue weighted by Gasteiger charge is 2.21. The van der Waals surface area contributed by atoms with Gasteiger partial charge in [-0.25, -0.2) is 0 Å². The molecule has 0 aromatic heterocycles. The number of carbonyl (C=O) groups excluding carboxylic acids is 1. The molecule has 1 atom stereocenters. The number of carbonyl (C=O) groups is 1.